The molecule has 1 N–H and O–H groups in total. The Balaban J connectivity index is 0.000000241. The molecule has 0 bridgehead atoms. The van der Waals surface area contributed by atoms with Crippen LogP contribution in [0.3, 0.4) is 0 Å². The van der Waals surface area contributed by atoms with Crippen LogP contribution in [0.15, 0.2) is 133 Å². The van der Waals surface area contributed by atoms with Gasteiger partial charge in [-0.25, -0.2) is 9.18 Å². The Bertz CT molecular complexity index is 3790. The minimum absolute atomic E-state index is 0.0147. The van der Waals surface area contributed by atoms with Crippen LogP contribution in [0.1, 0.15) is 152 Å². The van der Waals surface area contributed by atoms with E-state index in [1.165, 1.54) is 40.3 Å². The van der Waals surface area contributed by atoms with E-state index in [-0.39, 0.29) is 60.0 Å². The lowest BCUT2D eigenvalue weighted by Crippen LogP contribution is -2.49. The van der Waals surface area contributed by atoms with Crippen LogP contribution < -0.4 is 5.32 Å². The number of carbonyl (C=O) groups excluding carboxylic acids is 5. The molecule has 16 nitrogen and oxygen atoms in total. The van der Waals surface area contributed by atoms with Crippen molar-refractivity contribution in [3.63, 3.8) is 0 Å². The summed E-state index contributed by atoms with van der Waals surface area (Å²) < 4.78 is 114. The highest BCUT2D eigenvalue weighted by molar-refractivity contribution is 7.14. The number of nitrogens with one attached hydrogen (secondary N) is 1. The molecule has 3 fully saturated rings. The fourth-order valence-corrected chi connectivity index (χ4v) is 15.5. The molecule has 10 rings (SSSR count). The molecule has 5 aromatic carbocycles. The van der Waals surface area contributed by atoms with Gasteiger partial charge in [-0.15, -0.1) is 11.3 Å². The van der Waals surface area contributed by atoms with Gasteiger partial charge in [0.1, 0.15) is 30.9 Å². The molecule has 564 valence electrons. The molecule has 1 spiro atoms. The first kappa shape index (κ1) is 80.4. The molecule has 3 saturated heterocycles. The number of carbonyl (C=O) groups is 5. The van der Waals surface area contributed by atoms with Gasteiger partial charge in [-0.05, 0) is 161 Å². The van der Waals surface area contributed by atoms with Gasteiger partial charge in [0.2, 0.25) is 11.8 Å². The highest BCUT2D eigenvalue weighted by Crippen LogP contribution is 2.49. The van der Waals surface area contributed by atoms with Crippen molar-refractivity contribution in [2.24, 2.45) is 5.41 Å². The van der Waals surface area contributed by atoms with E-state index in [9.17, 15) is 54.7 Å². The van der Waals surface area contributed by atoms with Crippen LogP contribution in [0, 0.1) is 11.2 Å². The fourth-order valence-electron chi connectivity index (χ4n) is 14.5. The van der Waals surface area contributed by atoms with Crippen LogP contribution in [0.2, 0.25) is 0 Å². The van der Waals surface area contributed by atoms with E-state index < -0.39 is 59.2 Å². The summed E-state index contributed by atoms with van der Waals surface area (Å²) in [6, 6.07) is 36.3. The number of likely N-dealkylation sites (tertiary alicyclic amines) is 2. The third kappa shape index (κ3) is 21.7. The number of hydrogen-bond acceptors (Lipinski definition) is 12. The molecule has 0 saturated carbocycles. The van der Waals surface area contributed by atoms with Crippen LogP contribution in [0.25, 0.3) is 11.1 Å². The average Bonchev–Trinajstić information content (AvgIpc) is 1.58. The number of piperidine rings is 2. The second-order valence-electron chi connectivity index (χ2n) is 29.3. The standard InChI is InChI=1S/C42H61N5O4S.C38H40F7N3O4/c1-7-25-45(6)40(49)38-22-21-35(52-38)31-47(32-42(2,3)4)26-15-9-12-20-39(48)44(5)29-30-46-27-23-34(24-28-46)51-41(50)43-37-19-14-13-18-36(37)33-16-10-8-11-17-33;1-3-46(2)33(49)22-51-32-20-25-6-4-5-7-31(25)35(32)12-15-47(16-13-35)17-14-36(27-8-10-30(39)11-9-27)23-48(24-52-36)34(50)26-18-28(37(40,41)42)21-29(19-26)38(43,44)45/h8,10-11,13-14,16-19,21-22,34H,7,9,12,15,20,23-32H2,1-6H3,(H,43,50);4-11,18-19,21,32H,3,12-17,20,22-24H2,1-2H3/t;32-,36-/m.0/s1. The molecule has 6 aromatic rings. The van der Waals surface area contributed by atoms with Gasteiger partial charge in [-0.1, -0.05) is 119 Å². The van der Waals surface area contributed by atoms with Crippen molar-refractivity contribution in [1.82, 2.24) is 34.3 Å². The Hall–Kier alpha value is -7.74. The summed E-state index contributed by atoms with van der Waals surface area (Å²) in [6.45, 7) is 19.3. The Morgan fingerprint density at radius 2 is 1.35 bits per heavy atom. The van der Waals surface area contributed by atoms with Gasteiger partial charge in [-0.3, -0.25) is 29.4 Å². The molecule has 1 aliphatic carbocycles. The number of unbranched alkanes of at least 4 members (excludes halogenated alkanes) is 2. The number of ether oxygens (including phenoxy) is 3. The zero-order chi connectivity index (χ0) is 75.0. The summed E-state index contributed by atoms with van der Waals surface area (Å²) in [5, 5.41) is 2.95. The lowest BCUT2D eigenvalue weighted by Gasteiger charge is -2.44. The van der Waals surface area contributed by atoms with Crippen LogP contribution in [0.4, 0.5) is 41.2 Å². The van der Waals surface area contributed by atoms with Crippen molar-refractivity contribution >= 4 is 46.7 Å². The number of thiophene rings is 1. The Labute approximate surface area is 611 Å². The van der Waals surface area contributed by atoms with Crippen LogP contribution >= 0.6 is 11.3 Å². The van der Waals surface area contributed by atoms with E-state index in [1.807, 2.05) is 98.7 Å². The monoisotopic (exact) mass is 1470 g/mol. The number of likely N-dealkylation sites (N-methyl/N-ethyl adjacent to an activating group) is 2. The summed E-state index contributed by atoms with van der Waals surface area (Å²) in [5.74, 6) is -1.34. The molecule has 4 heterocycles. The van der Waals surface area contributed by atoms with Crippen molar-refractivity contribution in [2.45, 2.75) is 147 Å². The average molecular weight is 1470 g/mol. The number of halogens is 7. The summed E-state index contributed by atoms with van der Waals surface area (Å²) in [4.78, 5) is 80.0. The van der Waals surface area contributed by atoms with Crippen molar-refractivity contribution in [3.8, 4) is 11.1 Å². The van der Waals surface area contributed by atoms with E-state index in [0.29, 0.717) is 69.7 Å². The summed E-state index contributed by atoms with van der Waals surface area (Å²) in [6.07, 6.45) is -2.45. The number of amides is 5. The lowest BCUT2D eigenvalue weighted by molar-refractivity contribution is -0.143. The van der Waals surface area contributed by atoms with Crippen molar-refractivity contribution < 1.29 is 68.9 Å². The van der Waals surface area contributed by atoms with E-state index in [2.05, 4.69) is 65.9 Å². The van der Waals surface area contributed by atoms with Gasteiger partial charge in [0.05, 0.1) is 34.3 Å². The van der Waals surface area contributed by atoms with E-state index in [4.69, 9.17) is 14.2 Å². The number of anilines is 1. The predicted molar refractivity (Wildman–Crippen MR) is 391 cm³/mol. The van der Waals surface area contributed by atoms with Crippen molar-refractivity contribution in [2.75, 3.05) is 118 Å². The molecule has 0 unspecified atom stereocenters. The number of rotatable bonds is 27. The molecule has 4 aliphatic rings. The Morgan fingerprint density at radius 1 is 0.692 bits per heavy atom. The molecule has 2 atom stereocenters. The maximum atomic E-state index is 14.0. The summed E-state index contributed by atoms with van der Waals surface area (Å²) >= 11 is 1.61. The van der Waals surface area contributed by atoms with Gasteiger partial charge in [0.25, 0.3) is 11.8 Å². The lowest BCUT2D eigenvalue weighted by atomic mass is 9.72. The second-order valence-corrected chi connectivity index (χ2v) is 30.4. The Kier molecular flexibility index (Phi) is 27.8. The number of nitrogens with zero attached hydrogens (tertiary/aromatic N) is 7. The zero-order valence-corrected chi connectivity index (χ0v) is 62.0. The molecule has 104 heavy (non-hydrogen) atoms. The Morgan fingerprint density at radius 3 is 2.01 bits per heavy atom. The highest BCUT2D eigenvalue weighted by atomic mass is 32.1. The molecular weight excluding hydrogens is 1370 g/mol. The quantitative estimate of drug-likeness (QED) is 0.0388. The number of alkyl halides is 6. The first-order chi connectivity index (χ1) is 49.5. The molecule has 1 aromatic heterocycles. The van der Waals surface area contributed by atoms with Gasteiger partial charge < -0.3 is 43.6 Å². The third-order valence-electron chi connectivity index (χ3n) is 20.4. The first-order valence-corrected chi connectivity index (χ1v) is 37.1. The van der Waals surface area contributed by atoms with E-state index in [0.717, 1.165) is 124 Å². The smallest absolute Gasteiger partial charge is 0.416 e. The second kappa shape index (κ2) is 36.0. The van der Waals surface area contributed by atoms with E-state index in [1.54, 1.807) is 28.2 Å². The number of benzene rings is 5. The van der Waals surface area contributed by atoms with Crippen molar-refractivity contribution in [3.05, 3.63) is 182 Å². The van der Waals surface area contributed by atoms with Crippen LogP contribution in [-0.4, -0.2) is 189 Å². The predicted octanol–water partition coefficient (Wildman–Crippen LogP) is 15.5. The number of para-hydroxylation sites is 1. The van der Waals surface area contributed by atoms with Gasteiger partial charge >= 0.3 is 18.4 Å². The molecule has 5 amide bonds. The van der Waals surface area contributed by atoms with Crippen molar-refractivity contribution in [1.29, 1.82) is 0 Å². The normalized spacial score (nSPS) is 17.9. The minimum atomic E-state index is -5.11. The highest BCUT2D eigenvalue weighted by Gasteiger charge is 2.50. The number of fused-ring (bicyclic) bond motifs is 2. The summed E-state index contributed by atoms with van der Waals surface area (Å²) in [7, 11) is 5.51. The SMILES string of the molecule is CCCN(C)C(=O)c1ccc(CN(CCCCCC(=O)N(C)CCN2CCC(OC(=O)Nc3ccccc3-c3ccccc3)CC2)CC(C)(C)C)s1.CCN(C)C(=O)CO[C@H]1Cc2ccccc2C12CCN(CC[C@@]1(c3ccc(F)cc3)CN(C(=O)c3cc(C(F)(F)F)cc(C(F)(F)F)c3)CO1)CC2. The first-order valence-electron chi connectivity index (χ1n) is 36.3. The van der Waals surface area contributed by atoms with Crippen LogP contribution in [-0.2, 0) is 60.1 Å². The fraction of sp³-hybridized carbons (Fsp3) is 0.512. The minimum Gasteiger partial charge on any atom is -0.446 e. The van der Waals surface area contributed by atoms with Gasteiger partial charge in [0, 0.05) is 108 Å². The van der Waals surface area contributed by atoms with Gasteiger partial charge in [0.15, 0.2) is 0 Å². The zero-order valence-electron chi connectivity index (χ0n) is 61.2. The maximum absolute atomic E-state index is 14.0. The third-order valence-corrected chi connectivity index (χ3v) is 21.4. The molecule has 0 radical (unpaired) electrons. The largest absolute Gasteiger partial charge is 0.446 e. The molecule has 3 aliphatic heterocycles. The van der Waals surface area contributed by atoms with E-state index >= 15 is 0 Å². The van der Waals surface area contributed by atoms with Gasteiger partial charge in [-0.2, -0.15) is 26.3 Å². The van der Waals surface area contributed by atoms with Crippen LogP contribution in [0.5, 0.6) is 0 Å². The molecule has 24 heteroatoms. The number of hydrogen-bond donors (Lipinski definition) is 1. The molecular formula is C80H101F7N8O8S. The summed E-state index contributed by atoms with van der Waals surface area (Å²) in [5.41, 5.74) is 0.409. The topological polar surface area (TPSA) is 148 Å². The maximum Gasteiger partial charge on any atom is 0.416 e.